The molecular formula is C30H26N2O6S. The van der Waals surface area contributed by atoms with Crippen LogP contribution in [0.1, 0.15) is 29.7 Å². The molecule has 5 rings (SSSR count). The summed E-state index contributed by atoms with van der Waals surface area (Å²) in [6.45, 7) is 1.88. The molecule has 0 aliphatic carbocycles. The van der Waals surface area contributed by atoms with Crippen molar-refractivity contribution in [3.8, 4) is 17.2 Å². The molecule has 0 fully saturated rings. The second-order valence-electron chi connectivity index (χ2n) is 8.61. The Hall–Kier alpha value is -4.63. The Balaban J connectivity index is 1.88. The number of ether oxygens (including phenoxy) is 3. The van der Waals surface area contributed by atoms with Gasteiger partial charge in [-0.3, -0.25) is 9.36 Å². The van der Waals surface area contributed by atoms with E-state index in [-0.39, 0.29) is 23.5 Å². The highest BCUT2D eigenvalue weighted by Crippen LogP contribution is 2.42. The molecule has 9 heteroatoms. The third-order valence-corrected chi connectivity index (χ3v) is 7.28. The first-order valence-electron chi connectivity index (χ1n) is 12.2. The number of nitrogens with zero attached hydrogens (tertiary/aromatic N) is 2. The number of carbonyl (C=O) groups excluding carboxylic acids is 1. The van der Waals surface area contributed by atoms with Gasteiger partial charge >= 0.3 is 5.97 Å². The topological polar surface area (TPSA) is 99.4 Å². The molecule has 1 aliphatic heterocycles. The van der Waals surface area contributed by atoms with Crippen LogP contribution < -0.4 is 24.4 Å². The fourth-order valence-electron chi connectivity index (χ4n) is 4.58. The lowest BCUT2D eigenvalue weighted by atomic mass is 9.92. The van der Waals surface area contributed by atoms with Crippen molar-refractivity contribution in [2.75, 3.05) is 20.8 Å². The summed E-state index contributed by atoms with van der Waals surface area (Å²) in [5.74, 6) is 0.407. The zero-order valence-electron chi connectivity index (χ0n) is 21.6. The maximum Gasteiger partial charge on any atom is 0.338 e. The van der Waals surface area contributed by atoms with E-state index in [1.807, 2.05) is 30.3 Å². The molecule has 0 radical (unpaired) electrons. The molecule has 1 atom stereocenters. The molecule has 0 bridgehead atoms. The molecule has 1 aliphatic rings. The quantitative estimate of drug-likeness (QED) is 0.358. The third kappa shape index (κ3) is 4.84. The first kappa shape index (κ1) is 26.0. The number of esters is 1. The molecule has 198 valence electrons. The van der Waals surface area contributed by atoms with Crippen LogP contribution in [0.2, 0.25) is 0 Å². The van der Waals surface area contributed by atoms with Gasteiger partial charge in [0.05, 0.1) is 36.6 Å². The van der Waals surface area contributed by atoms with Gasteiger partial charge in [-0.1, -0.05) is 65.9 Å². The number of fused-ring (bicyclic) bond motifs is 1. The molecule has 8 nitrogen and oxygen atoms in total. The molecule has 1 unspecified atom stereocenters. The smallest absolute Gasteiger partial charge is 0.338 e. The summed E-state index contributed by atoms with van der Waals surface area (Å²) >= 11 is 1.22. The normalized spacial score (nSPS) is 14.9. The maximum absolute atomic E-state index is 14.0. The van der Waals surface area contributed by atoms with Gasteiger partial charge in [0.25, 0.3) is 5.56 Å². The van der Waals surface area contributed by atoms with E-state index in [1.54, 1.807) is 55.5 Å². The highest BCUT2D eigenvalue weighted by molar-refractivity contribution is 7.07. The zero-order chi connectivity index (χ0) is 27.5. The Morgan fingerprint density at radius 1 is 1.03 bits per heavy atom. The number of benzene rings is 3. The Kier molecular flexibility index (Phi) is 7.33. The van der Waals surface area contributed by atoms with Crippen LogP contribution in [-0.2, 0) is 9.53 Å². The van der Waals surface area contributed by atoms with E-state index in [4.69, 9.17) is 19.2 Å². The Labute approximate surface area is 228 Å². The van der Waals surface area contributed by atoms with Crippen molar-refractivity contribution in [2.24, 2.45) is 4.99 Å². The lowest BCUT2D eigenvalue weighted by Gasteiger charge is -2.27. The van der Waals surface area contributed by atoms with Crippen LogP contribution in [0.15, 0.2) is 88.2 Å². The lowest BCUT2D eigenvalue weighted by molar-refractivity contribution is -0.138. The molecule has 0 saturated carbocycles. The summed E-state index contributed by atoms with van der Waals surface area (Å²) in [5, 5.41) is 9.66. The standard InChI is InChI=1S/C30H26N2O6S/c1-4-38-29(35)24-25(19-9-6-5-7-10-19)31-30-32(26(24)21-11-8-12-22(36-2)27(21)37-3)28(34)23(39-30)17-18-13-15-20(33)16-14-18/h5-17,26,33H,4H2,1-3H3/b23-17+. The minimum atomic E-state index is -0.900. The summed E-state index contributed by atoms with van der Waals surface area (Å²) in [4.78, 5) is 32.9. The minimum Gasteiger partial charge on any atom is -0.508 e. The summed E-state index contributed by atoms with van der Waals surface area (Å²) < 4.78 is 18.7. The van der Waals surface area contributed by atoms with Gasteiger partial charge < -0.3 is 19.3 Å². The lowest BCUT2D eigenvalue weighted by Crippen LogP contribution is -2.40. The zero-order valence-corrected chi connectivity index (χ0v) is 22.4. The predicted molar refractivity (Wildman–Crippen MR) is 149 cm³/mol. The molecular weight excluding hydrogens is 516 g/mol. The molecule has 3 aromatic carbocycles. The number of phenols is 1. The van der Waals surface area contributed by atoms with Gasteiger partial charge in [-0.15, -0.1) is 0 Å². The van der Waals surface area contributed by atoms with Crippen LogP contribution in [0.3, 0.4) is 0 Å². The number of phenolic OH excluding ortho intramolecular Hbond substituents is 1. The largest absolute Gasteiger partial charge is 0.508 e. The van der Waals surface area contributed by atoms with Crippen LogP contribution in [0.4, 0.5) is 0 Å². The van der Waals surface area contributed by atoms with Gasteiger partial charge in [-0.2, -0.15) is 0 Å². The van der Waals surface area contributed by atoms with Crippen LogP contribution in [0.25, 0.3) is 11.8 Å². The van der Waals surface area contributed by atoms with E-state index in [2.05, 4.69) is 0 Å². The van der Waals surface area contributed by atoms with Crippen molar-refractivity contribution >= 4 is 29.1 Å². The van der Waals surface area contributed by atoms with E-state index >= 15 is 0 Å². The van der Waals surface area contributed by atoms with Crippen LogP contribution in [0, 0.1) is 0 Å². The number of thiazole rings is 1. The van der Waals surface area contributed by atoms with Crippen molar-refractivity contribution < 1.29 is 24.1 Å². The number of methoxy groups -OCH3 is 2. The number of rotatable bonds is 7. The number of carbonyl (C=O) groups is 1. The number of aromatic nitrogens is 1. The van der Waals surface area contributed by atoms with E-state index in [1.165, 1.54) is 30.1 Å². The van der Waals surface area contributed by atoms with Crippen LogP contribution in [0.5, 0.6) is 17.2 Å². The maximum atomic E-state index is 14.0. The molecule has 1 N–H and O–H groups in total. The first-order valence-corrected chi connectivity index (χ1v) is 13.1. The second kappa shape index (κ2) is 11.0. The molecule has 0 amide bonds. The van der Waals surface area contributed by atoms with Crippen molar-refractivity contribution in [3.05, 3.63) is 115 Å². The number of aromatic hydroxyl groups is 1. The Morgan fingerprint density at radius 2 is 1.77 bits per heavy atom. The van der Waals surface area contributed by atoms with Crippen molar-refractivity contribution in [1.82, 2.24) is 4.57 Å². The fraction of sp³-hybridized carbons (Fsp3) is 0.167. The summed E-state index contributed by atoms with van der Waals surface area (Å²) in [5.41, 5.74) is 2.32. The van der Waals surface area contributed by atoms with Gasteiger partial charge in [-0.05, 0) is 36.8 Å². The summed E-state index contributed by atoms with van der Waals surface area (Å²) in [7, 11) is 3.05. The first-order chi connectivity index (χ1) is 19.0. The summed E-state index contributed by atoms with van der Waals surface area (Å²) in [6.07, 6.45) is 1.74. The highest BCUT2D eigenvalue weighted by atomic mass is 32.1. The van der Waals surface area contributed by atoms with Gasteiger partial charge in [0.2, 0.25) is 0 Å². The van der Waals surface area contributed by atoms with Gasteiger partial charge in [-0.25, -0.2) is 9.79 Å². The minimum absolute atomic E-state index is 0.130. The van der Waals surface area contributed by atoms with E-state index in [0.717, 1.165) is 5.56 Å². The van der Waals surface area contributed by atoms with Crippen LogP contribution >= 0.6 is 11.3 Å². The van der Waals surface area contributed by atoms with E-state index in [9.17, 15) is 14.7 Å². The van der Waals surface area contributed by atoms with Gasteiger partial charge in [0.1, 0.15) is 11.8 Å². The fourth-order valence-corrected chi connectivity index (χ4v) is 5.58. The number of para-hydroxylation sites is 1. The SMILES string of the molecule is CCOC(=O)C1=C(c2ccccc2)N=c2s/c(=C/c3ccc(O)cc3)c(=O)n2C1c1cccc(OC)c1OC. The molecule has 0 saturated heterocycles. The molecule has 2 heterocycles. The average Bonchev–Trinajstić information content (AvgIpc) is 3.27. The van der Waals surface area contributed by atoms with Gasteiger partial charge in [0.15, 0.2) is 16.3 Å². The third-order valence-electron chi connectivity index (χ3n) is 6.29. The Bertz CT molecular complexity index is 1740. The molecule has 39 heavy (non-hydrogen) atoms. The predicted octanol–water partition coefficient (Wildman–Crippen LogP) is 3.66. The molecule has 4 aromatic rings. The second-order valence-corrected chi connectivity index (χ2v) is 9.61. The Morgan fingerprint density at radius 3 is 2.44 bits per heavy atom. The average molecular weight is 543 g/mol. The van der Waals surface area contributed by atoms with Crippen molar-refractivity contribution in [2.45, 2.75) is 13.0 Å². The van der Waals surface area contributed by atoms with Crippen molar-refractivity contribution in [3.63, 3.8) is 0 Å². The van der Waals surface area contributed by atoms with E-state index < -0.39 is 12.0 Å². The molecule has 1 aromatic heterocycles. The number of hydrogen-bond acceptors (Lipinski definition) is 8. The van der Waals surface area contributed by atoms with Crippen LogP contribution in [-0.4, -0.2) is 36.5 Å². The number of hydrogen-bond donors (Lipinski definition) is 1. The molecule has 0 spiro atoms. The van der Waals surface area contributed by atoms with Gasteiger partial charge in [0, 0.05) is 11.1 Å². The van der Waals surface area contributed by atoms with E-state index in [0.29, 0.717) is 37.7 Å². The summed E-state index contributed by atoms with van der Waals surface area (Å²) in [6, 6.07) is 20.3. The van der Waals surface area contributed by atoms with Crippen molar-refractivity contribution in [1.29, 1.82) is 0 Å². The monoisotopic (exact) mass is 542 g/mol. The highest BCUT2D eigenvalue weighted by Gasteiger charge is 2.37.